The number of Topliss-reactive ketones (excluding diaryl/α,β-unsaturated/α-hetero) is 2. The van der Waals surface area contributed by atoms with Crippen LogP contribution in [0.2, 0.25) is 0 Å². The van der Waals surface area contributed by atoms with E-state index in [9.17, 15) is 44.7 Å². The molecule has 43 heavy (non-hydrogen) atoms. The highest BCUT2D eigenvalue weighted by Crippen LogP contribution is 2.56. The lowest BCUT2D eigenvalue weighted by atomic mass is 9.54. The quantitative estimate of drug-likeness (QED) is 0.196. The summed E-state index contributed by atoms with van der Waals surface area (Å²) in [6.45, 7) is 3.50. The van der Waals surface area contributed by atoms with Crippen LogP contribution in [0.15, 0.2) is 34.4 Å². The molecule has 0 bridgehead atoms. The molecule has 1 fully saturated rings. The monoisotopic (exact) mass is 613 g/mol. The van der Waals surface area contributed by atoms with Crippen molar-refractivity contribution in [3.05, 3.63) is 61.8 Å². The molecule has 3 aliphatic carbocycles. The number of aliphatic hydroxyl groups excluding tert-OH is 3. The third kappa shape index (κ3) is 4.27. The van der Waals surface area contributed by atoms with E-state index in [1.807, 2.05) is 0 Å². The number of phenolic OH excluding ortho intramolecular Hbond substituents is 1. The van der Waals surface area contributed by atoms with Gasteiger partial charge in [0.1, 0.15) is 22.8 Å². The maximum atomic E-state index is 14.1. The Labute approximate surface area is 249 Å². The lowest BCUT2D eigenvalue weighted by molar-refractivity contribution is -0.169. The summed E-state index contributed by atoms with van der Waals surface area (Å²) >= 11 is 1.16. The van der Waals surface area contributed by atoms with Crippen LogP contribution < -0.4 is 5.73 Å². The topological polar surface area (TPSA) is 221 Å². The molecule has 13 nitrogen and oxygen atoms in total. The first-order chi connectivity index (χ1) is 20.2. The van der Waals surface area contributed by atoms with Gasteiger partial charge < -0.3 is 36.0 Å². The smallest absolute Gasteiger partial charge is 0.357 e. The Morgan fingerprint density at radius 1 is 1.19 bits per heavy atom. The number of hydrogen-bond acceptors (Lipinski definition) is 13. The summed E-state index contributed by atoms with van der Waals surface area (Å²) in [5.41, 5.74) is 1.59. The van der Waals surface area contributed by atoms with Crippen LogP contribution >= 0.6 is 11.3 Å². The van der Waals surface area contributed by atoms with Gasteiger partial charge in [-0.3, -0.25) is 19.3 Å². The first kappa shape index (κ1) is 30.4. The number of fused-ring (bicyclic) bond motifs is 3. The number of phenols is 1. The van der Waals surface area contributed by atoms with Crippen molar-refractivity contribution in [2.45, 2.75) is 43.9 Å². The first-order valence-electron chi connectivity index (χ1n) is 13.5. The number of aliphatic hydroxyl groups is 4. The molecule has 228 valence electrons. The van der Waals surface area contributed by atoms with Gasteiger partial charge in [0.2, 0.25) is 5.78 Å². The lowest BCUT2D eigenvalue weighted by Crippen LogP contribution is -2.70. The predicted octanol–water partition coefficient (Wildman–Crippen LogP) is 0.720. The van der Waals surface area contributed by atoms with Crippen molar-refractivity contribution >= 4 is 40.5 Å². The van der Waals surface area contributed by atoms with Crippen LogP contribution in [-0.4, -0.2) is 97.3 Å². The molecule has 7 N–H and O–H groups in total. The van der Waals surface area contributed by atoms with Crippen molar-refractivity contribution in [2.75, 3.05) is 20.7 Å². The van der Waals surface area contributed by atoms with Crippen molar-refractivity contribution in [3.63, 3.8) is 0 Å². The average molecular weight is 614 g/mol. The molecular formula is C29H31N3O10S. The fourth-order valence-corrected chi connectivity index (χ4v) is 7.44. The summed E-state index contributed by atoms with van der Waals surface area (Å²) in [6, 6.07) is 1.80. The second-order valence-corrected chi connectivity index (χ2v) is 12.1. The summed E-state index contributed by atoms with van der Waals surface area (Å²) in [7, 11) is 2.89. The van der Waals surface area contributed by atoms with E-state index in [1.54, 1.807) is 26.0 Å². The third-order valence-corrected chi connectivity index (χ3v) is 9.44. The number of aromatic nitrogens is 1. The Morgan fingerprint density at radius 2 is 1.86 bits per heavy atom. The summed E-state index contributed by atoms with van der Waals surface area (Å²) in [6.07, 6.45) is -1.61. The van der Waals surface area contributed by atoms with Gasteiger partial charge in [-0.1, -0.05) is 19.1 Å². The van der Waals surface area contributed by atoms with E-state index in [0.717, 1.165) is 11.3 Å². The maximum Gasteiger partial charge on any atom is 0.357 e. The number of benzene rings is 1. The van der Waals surface area contributed by atoms with E-state index in [0.29, 0.717) is 16.1 Å². The molecule has 1 aromatic carbocycles. The SMILES string of the molecule is CCOC(=O)c1csc(Cc2ccc3c(c2O)C(O)=C2C(=O)[C@]4(O)C(O)=C(C(N)=O)C(=O)[C@@H](N(C)C)[C@@H]4[C@@H](O)[C@@H]2[C@H]3C)n1. The van der Waals surface area contributed by atoms with Crippen molar-refractivity contribution in [1.82, 2.24) is 9.88 Å². The Bertz CT molecular complexity index is 1640. The number of hydrogen-bond donors (Lipinski definition) is 6. The third-order valence-electron chi connectivity index (χ3n) is 8.59. The van der Waals surface area contributed by atoms with Crippen molar-refractivity contribution in [2.24, 2.45) is 17.6 Å². The van der Waals surface area contributed by atoms with E-state index >= 15 is 0 Å². The van der Waals surface area contributed by atoms with Crippen LogP contribution in [0, 0.1) is 11.8 Å². The Morgan fingerprint density at radius 3 is 2.47 bits per heavy atom. The Hall–Kier alpha value is -4.11. The number of ether oxygens (including phenoxy) is 1. The standard InChI is InChI=1S/C29H31N3O10S/c1-5-42-28(40)13-9-43-14(31-13)8-11-6-7-12-10(2)15-17(22(34)16(12)21(11)33)25(37)29(41)19(23(15)35)20(32(3)4)24(36)18(26(29)38)27(30)39/h6-7,9-10,15,19-20,23,33-35,38,41H,5,8H2,1-4H3,(H2,30,39)/t10-,15+,19+,20-,23-,29-/m0/s1. The number of primary amides is 1. The second kappa shape index (κ2) is 10.6. The first-order valence-corrected chi connectivity index (χ1v) is 14.3. The normalized spacial score (nSPS) is 28.5. The zero-order chi connectivity index (χ0) is 31.7. The predicted molar refractivity (Wildman–Crippen MR) is 151 cm³/mol. The molecule has 0 aliphatic heterocycles. The van der Waals surface area contributed by atoms with Gasteiger partial charge in [-0.15, -0.1) is 11.3 Å². The fourth-order valence-electron chi connectivity index (χ4n) is 6.66. The zero-order valence-corrected chi connectivity index (χ0v) is 24.5. The number of aromatic hydroxyl groups is 1. The molecule has 0 spiro atoms. The number of rotatable bonds is 6. The fraction of sp³-hybridized carbons (Fsp3) is 0.414. The number of esters is 1. The van der Waals surface area contributed by atoms with Gasteiger partial charge in [0.15, 0.2) is 17.1 Å². The second-order valence-electron chi connectivity index (χ2n) is 11.1. The van der Waals surface area contributed by atoms with Crippen LogP contribution in [0.5, 0.6) is 5.75 Å². The molecule has 2 aromatic rings. The number of amides is 1. The van der Waals surface area contributed by atoms with Crippen molar-refractivity contribution in [3.8, 4) is 5.75 Å². The number of ketones is 2. The highest BCUT2D eigenvalue weighted by Gasteiger charge is 2.68. The van der Waals surface area contributed by atoms with Crippen molar-refractivity contribution < 1.29 is 49.4 Å². The van der Waals surface area contributed by atoms with E-state index in [1.165, 1.54) is 24.4 Å². The number of nitrogens with zero attached hydrogens (tertiary/aromatic N) is 2. The maximum absolute atomic E-state index is 14.1. The van der Waals surface area contributed by atoms with Gasteiger partial charge in [-0.25, -0.2) is 9.78 Å². The minimum absolute atomic E-state index is 0.0598. The van der Waals surface area contributed by atoms with Crippen molar-refractivity contribution in [1.29, 1.82) is 0 Å². The van der Waals surface area contributed by atoms with E-state index in [-0.39, 0.29) is 30.0 Å². The van der Waals surface area contributed by atoms with Gasteiger partial charge in [0.05, 0.1) is 35.2 Å². The molecule has 1 aromatic heterocycles. The molecule has 6 atom stereocenters. The van der Waals surface area contributed by atoms with Gasteiger partial charge >= 0.3 is 5.97 Å². The lowest BCUT2D eigenvalue weighted by Gasteiger charge is -2.53. The summed E-state index contributed by atoms with van der Waals surface area (Å²) in [4.78, 5) is 57.1. The van der Waals surface area contributed by atoms with Crippen LogP contribution in [-0.2, 0) is 25.5 Å². The van der Waals surface area contributed by atoms with Crippen LogP contribution in [0.4, 0.5) is 0 Å². The highest BCUT2D eigenvalue weighted by atomic mass is 32.1. The summed E-state index contributed by atoms with van der Waals surface area (Å²) < 4.78 is 4.96. The average Bonchev–Trinajstić information content (AvgIpc) is 3.40. The molecule has 3 aliphatic rings. The number of carbonyl (C=O) groups is 4. The number of nitrogens with two attached hydrogens (primary N) is 1. The van der Waals surface area contributed by atoms with E-state index in [2.05, 4.69) is 4.98 Å². The van der Waals surface area contributed by atoms with E-state index < -0.39 is 81.6 Å². The zero-order valence-electron chi connectivity index (χ0n) is 23.7. The number of thiazole rings is 1. The van der Waals surface area contributed by atoms with Gasteiger partial charge in [0.25, 0.3) is 5.91 Å². The van der Waals surface area contributed by atoms with Gasteiger partial charge in [0, 0.05) is 28.9 Å². The molecule has 0 unspecified atom stereocenters. The number of carbonyl (C=O) groups excluding carboxylic acids is 4. The molecule has 0 radical (unpaired) electrons. The minimum atomic E-state index is -2.98. The largest absolute Gasteiger partial charge is 0.508 e. The van der Waals surface area contributed by atoms with Crippen LogP contribution in [0.25, 0.3) is 5.76 Å². The molecule has 1 amide bonds. The Balaban J connectivity index is 1.65. The molecule has 1 heterocycles. The highest BCUT2D eigenvalue weighted by molar-refractivity contribution is 7.09. The molecule has 1 saturated carbocycles. The summed E-state index contributed by atoms with van der Waals surface area (Å²) in [5.74, 6) is -10.1. The summed E-state index contributed by atoms with van der Waals surface area (Å²) in [5, 5.41) is 59.3. The molecule has 14 heteroatoms. The number of likely N-dealkylation sites (N-methyl/N-ethyl adjacent to an activating group) is 1. The van der Waals surface area contributed by atoms with E-state index in [4.69, 9.17) is 10.5 Å². The van der Waals surface area contributed by atoms with Gasteiger partial charge in [-0.2, -0.15) is 0 Å². The Kier molecular flexibility index (Phi) is 7.45. The van der Waals surface area contributed by atoms with Gasteiger partial charge in [-0.05, 0) is 32.5 Å². The molecular weight excluding hydrogens is 582 g/mol. The molecule has 0 saturated heterocycles. The van der Waals surface area contributed by atoms with Crippen LogP contribution in [0.1, 0.15) is 52.0 Å². The molecule has 5 rings (SSSR count). The van der Waals surface area contributed by atoms with Crippen LogP contribution in [0.3, 0.4) is 0 Å². The minimum Gasteiger partial charge on any atom is -0.508 e.